The van der Waals surface area contributed by atoms with Gasteiger partial charge in [0.1, 0.15) is 0 Å². The van der Waals surface area contributed by atoms with Crippen molar-refractivity contribution in [3.05, 3.63) is 0 Å². The maximum absolute atomic E-state index is 11.0. The third-order valence-electron chi connectivity index (χ3n) is 0.394. The largest absolute Gasteiger partial charge is 0.575 e. The minimum Gasteiger partial charge on any atom is -0.369 e. The molecule has 0 N–H and O–H groups in total. The van der Waals surface area contributed by atoms with Gasteiger partial charge in [-0.05, 0) is 0 Å². The summed E-state index contributed by atoms with van der Waals surface area (Å²) in [5, 5.41) is 0. The van der Waals surface area contributed by atoms with Crippen molar-refractivity contribution in [2.45, 2.75) is 12.8 Å². The van der Waals surface area contributed by atoms with Crippen LogP contribution in [-0.4, -0.2) is 18.8 Å². The number of hydrogen-bond donors (Lipinski definition) is 0. The van der Waals surface area contributed by atoms with Crippen LogP contribution in [0.1, 0.15) is 0 Å². The number of alkyl halides is 5. The lowest BCUT2D eigenvalue weighted by atomic mass is 10.7. The van der Waals surface area contributed by atoms with Crippen LogP contribution in [0.5, 0.6) is 0 Å². The Bertz CT molecular complexity index is 127. The molecule has 0 amide bonds. The molecule has 0 aromatic heterocycles. The summed E-state index contributed by atoms with van der Waals surface area (Å²) in [5.74, 6) is -2.59. The Hall–Kier alpha value is -0.880. The highest BCUT2D eigenvalue weighted by molar-refractivity contribution is 5.72. The van der Waals surface area contributed by atoms with Crippen molar-refractivity contribution in [1.29, 1.82) is 0 Å². The Balaban J connectivity index is 3.81. The molecule has 60 valence electrons. The highest BCUT2D eigenvalue weighted by Crippen LogP contribution is 2.17. The van der Waals surface area contributed by atoms with E-state index in [1.54, 1.807) is 0 Å². The van der Waals surface area contributed by atoms with Gasteiger partial charge in [0.2, 0.25) is 0 Å². The molecule has 0 aromatic carbocycles. The lowest BCUT2D eigenvalue weighted by Gasteiger charge is -2.04. The van der Waals surface area contributed by atoms with Crippen LogP contribution in [0.2, 0.25) is 0 Å². The molecule has 0 aliphatic rings. The van der Waals surface area contributed by atoms with Crippen molar-refractivity contribution in [3.63, 3.8) is 0 Å². The standard InChI is InChI=1S/C3HF5O2/c4-1(5)2(9)10-3(6,7)8/h1H. The average Bonchev–Trinajstić information content (AvgIpc) is 1.60. The van der Waals surface area contributed by atoms with Gasteiger partial charge >= 0.3 is 18.8 Å². The molecule has 0 bridgehead atoms. The number of ether oxygens (including phenoxy) is 1. The summed E-state index contributed by atoms with van der Waals surface area (Å²) in [7, 11) is 0. The summed E-state index contributed by atoms with van der Waals surface area (Å²) in [6.45, 7) is 0. The summed E-state index contributed by atoms with van der Waals surface area (Å²) in [5.41, 5.74) is 0. The molecule has 0 unspecified atom stereocenters. The van der Waals surface area contributed by atoms with Crippen LogP contribution in [0.3, 0.4) is 0 Å². The second-order valence-corrected chi connectivity index (χ2v) is 1.17. The summed E-state index contributed by atoms with van der Waals surface area (Å²) in [6, 6.07) is 0. The molecule has 10 heavy (non-hydrogen) atoms. The Morgan fingerprint density at radius 2 is 1.70 bits per heavy atom. The fourth-order valence-electron chi connectivity index (χ4n) is 0.159. The molecule has 0 atom stereocenters. The zero-order chi connectivity index (χ0) is 8.36. The van der Waals surface area contributed by atoms with Gasteiger partial charge in [-0.1, -0.05) is 0 Å². The van der Waals surface area contributed by atoms with E-state index in [-0.39, 0.29) is 0 Å². The molecular weight excluding hydrogens is 163 g/mol. The van der Waals surface area contributed by atoms with Crippen LogP contribution in [-0.2, 0) is 9.53 Å². The van der Waals surface area contributed by atoms with Gasteiger partial charge in [0.25, 0.3) is 0 Å². The monoisotopic (exact) mass is 164 g/mol. The van der Waals surface area contributed by atoms with Crippen LogP contribution < -0.4 is 0 Å². The Morgan fingerprint density at radius 3 is 1.80 bits per heavy atom. The molecule has 7 heteroatoms. The molecule has 0 aromatic rings. The van der Waals surface area contributed by atoms with Gasteiger partial charge in [-0.2, -0.15) is 8.78 Å². The molecule has 0 radical (unpaired) electrons. The van der Waals surface area contributed by atoms with Crippen molar-refractivity contribution < 1.29 is 31.5 Å². The molecule has 2 nitrogen and oxygen atoms in total. The highest BCUT2D eigenvalue weighted by Gasteiger charge is 2.37. The molecule has 0 fully saturated rings. The van der Waals surface area contributed by atoms with Crippen LogP contribution in [0.25, 0.3) is 0 Å². The summed E-state index contributed by atoms with van der Waals surface area (Å²) >= 11 is 0. The first-order valence-electron chi connectivity index (χ1n) is 1.90. The first-order valence-corrected chi connectivity index (χ1v) is 1.90. The Labute approximate surface area is 51.6 Å². The van der Waals surface area contributed by atoms with E-state index in [4.69, 9.17) is 0 Å². The van der Waals surface area contributed by atoms with E-state index in [1.165, 1.54) is 0 Å². The number of rotatable bonds is 1. The number of halogens is 5. The van der Waals surface area contributed by atoms with Crippen LogP contribution in [0.15, 0.2) is 0 Å². The number of hydrogen-bond acceptors (Lipinski definition) is 2. The molecule has 0 heterocycles. The first-order chi connectivity index (χ1) is 4.33. The van der Waals surface area contributed by atoms with Crippen molar-refractivity contribution in [3.8, 4) is 0 Å². The fourth-order valence-corrected chi connectivity index (χ4v) is 0.159. The van der Waals surface area contributed by atoms with Gasteiger partial charge in [0, 0.05) is 0 Å². The molecule has 0 saturated heterocycles. The quantitative estimate of drug-likeness (QED) is 0.431. The second-order valence-electron chi connectivity index (χ2n) is 1.17. The zero-order valence-electron chi connectivity index (χ0n) is 4.28. The fraction of sp³-hybridized carbons (Fsp3) is 0.667. The molecule has 0 aliphatic carbocycles. The third-order valence-corrected chi connectivity index (χ3v) is 0.394. The summed E-state index contributed by atoms with van der Waals surface area (Å²) in [4.78, 5) is 9.47. The van der Waals surface area contributed by atoms with E-state index in [0.717, 1.165) is 0 Å². The Kier molecular flexibility index (Phi) is 2.56. The topological polar surface area (TPSA) is 26.3 Å². The predicted molar refractivity (Wildman–Crippen MR) is 18.2 cm³/mol. The SMILES string of the molecule is O=C(OC(F)(F)F)C(F)F. The highest BCUT2D eigenvalue weighted by atomic mass is 19.4. The molecular formula is C3HF5O2. The molecule has 0 aliphatic heterocycles. The maximum Gasteiger partial charge on any atom is 0.575 e. The average molecular weight is 164 g/mol. The molecule has 0 saturated carbocycles. The second kappa shape index (κ2) is 2.80. The van der Waals surface area contributed by atoms with Crippen molar-refractivity contribution in [2.24, 2.45) is 0 Å². The summed E-state index contributed by atoms with van der Waals surface area (Å²) < 4.78 is 56.9. The van der Waals surface area contributed by atoms with E-state index < -0.39 is 18.8 Å². The molecule has 0 rings (SSSR count). The van der Waals surface area contributed by atoms with E-state index in [9.17, 15) is 26.7 Å². The van der Waals surface area contributed by atoms with E-state index in [0.29, 0.717) is 0 Å². The number of carbonyl (C=O) groups is 1. The van der Waals surface area contributed by atoms with E-state index in [1.807, 2.05) is 0 Å². The maximum atomic E-state index is 11.0. The van der Waals surface area contributed by atoms with Gasteiger partial charge in [-0.15, -0.1) is 13.2 Å². The zero-order valence-corrected chi connectivity index (χ0v) is 4.28. The van der Waals surface area contributed by atoms with Gasteiger partial charge in [0.05, 0.1) is 0 Å². The van der Waals surface area contributed by atoms with Crippen LogP contribution in [0.4, 0.5) is 22.0 Å². The van der Waals surface area contributed by atoms with Crippen molar-refractivity contribution in [1.82, 2.24) is 0 Å². The van der Waals surface area contributed by atoms with Crippen molar-refractivity contribution >= 4 is 5.97 Å². The smallest absolute Gasteiger partial charge is 0.369 e. The number of carbonyl (C=O) groups excluding carboxylic acids is 1. The van der Waals surface area contributed by atoms with Crippen LogP contribution >= 0.6 is 0 Å². The Morgan fingerprint density at radius 1 is 1.30 bits per heavy atom. The van der Waals surface area contributed by atoms with Gasteiger partial charge in [0.15, 0.2) is 0 Å². The first kappa shape index (κ1) is 9.12. The lowest BCUT2D eigenvalue weighted by Crippen LogP contribution is -2.24. The van der Waals surface area contributed by atoms with Crippen LogP contribution in [0, 0.1) is 0 Å². The minimum absolute atomic E-state index is 2.31. The van der Waals surface area contributed by atoms with Gasteiger partial charge in [-0.25, -0.2) is 4.79 Å². The van der Waals surface area contributed by atoms with Crippen molar-refractivity contribution in [2.75, 3.05) is 0 Å². The molecule has 0 spiro atoms. The number of esters is 1. The van der Waals surface area contributed by atoms with Gasteiger partial charge in [-0.3, -0.25) is 0 Å². The summed E-state index contributed by atoms with van der Waals surface area (Å²) in [6.07, 6.45) is -9.07. The predicted octanol–water partition coefficient (Wildman–Crippen LogP) is 1.31. The van der Waals surface area contributed by atoms with E-state index in [2.05, 4.69) is 4.74 Å². The normalized spacial score (nSPS) is 11.8. The van der Waals surface area contributed by atoms with Gasteiger partial charge < -0.3 is 4.74 Å². The third kappa shape index (κ3) is 4.04. The lowest BCUT2D eigenvalue weighted by molar-refractivity contribution is -0.310. The minimum atomic E-state index is -5.33. The van der Waals surface area contributed by atoms with E-state index >= 15 is 0 Å².